The van der Waals surface area contributed by atoms with E-state index in [4.69, 9.17) is 9.84 Å². The molecule has 2 aliphatic rings. The minimum absolute atomic E-state index is 0.0139. The molecular weight excluding hydrogens is 408 g/mol. The molecule has 2 unspecified atom stereocenters. The molecule has 0 radical (unpaired) electrons. The van der Waals surface area contributed by atoms with Gasteiger partial charge in [0.25, 0.3) is 0 Å². The molecule has 0 saturated heterocycles. The summed E-state index contributed by atoms with van der Waals surface area (Å²) in [5, 5.41) is 14.6. The fraction of sp³-hybridized carbons (Fsp3) is 0.400. The highest BCUT2D eigenvalue weighted by Gasteiger charge is 2.30. The second-order valence-corrected chi connectivity index (χ2v) is 8.47. The van der Waals surface area contributed by atoms with Crippen molar-refractivity contribution >= 4 is 18.0 Å². The Morgan fingerprint density at radius 1 is 0.969 bits per heavy atom. The predicted octanol–water partition coefficient (Wildman–Crippen LogP) is 3.67. The number of carboxylic acids is 1. The molecule has 2 amide bonds. The van der Waals surface area contributed by atoms with E-state index in [1.54, 1.807) is 0 Å². The van der Waals surface area contributed by atoms with E-state index >= 15 is 0 Å². The summed E-state index contributed by atoms with van der Waals surface area (Å²) in [6.07, 6.45) is 2.05. The monoisotopic (exact) mass is 436 g/mol. The second kappa shape index (κ2) is 9.85. The Bertz CT molecular complexity index is 960. The van der Waals surface area contributed by atoms with Crippen LogP contribution in [0.2, 0.25) is 0 Å². The first-order valence-corrected chi connectivity index (χ1v) is 11.1. The molecule has 0 bridgehead atoms. The van der Waals surface area contributed by atoms with Crippen LogP contribution >= 0.6 is 0 Å². The number of alkyl carbamates (subject to hydrolysis) is 1. The molecule has 2 atom stereocenters. The molecule has 1 fully saturated rings. The molecule has 0 heterocycles. The maximum absolute atomic E-state index is 12.2. The van der Waals surface area contributed by atoms with E-state index in [-0.39, 0.29) is 36.8 Å². The van der Waals surface area contributed by atoms with Gasteiger partial charge in [-0.1, -0.05) is 48.5 Å². The average Bonchev–Trinajstić information content (AvgIpc) is 3.38. The normalized spacial score (nSPS) is 19.1. The van der Waals surface area contributed by atoms with E-state index in [2.05, 4.69) is 34.9 Å². The number of nitrogens with one attached hydrogen (secondary N) is 2. The summed E-state index contributed by atoms with van der Waals surface area (Å²) < 4.78 is 5.48. The number of carboxylic acid groups (broad SMARTS) is 1. The van der Waals surface area contributed by atoms with Crippen LogP contribution in [0.3, 0.4) is 0 Å². The number of carbonyl (C=O) groups excluding carboxylic acids is 2. The van der Waals surface area contributed by atoms with Crippen molar-refractivity contribution in [1.82, 2.24) is 10.6 Å². The fourth-order valence-corrected chi connectivity index (χ4v) is 4.73. The predicted molar refractivity (Wildman–Crippen MR) is 119 cm³/mol. The van der Waals surface area contributed by atoms with Crippen LogP contribution in [0.4, 0.5) is 4.79 Å². The lowest BCUT2D eigenvalue weighted by atomic mass is 9.98. The van der Waals surface area contributed by atoms with Crippen molar-refractivity contribution in [2.45, 2.75) is 44.1 Å². The van der Waals surface area contributed by atoms with Crippen molar-refractivity contribution in [3.8, 4) is 11.1 Å². The number of ether oxygens (including phenoxy) is 1. The van der Waals surface area contributed by atoms with E-state index in [9.17, 15) is 14.4 Å². The number of fused-ring (bicyclic) bond motifs is 3. The number of rotatable bonds is 8. The number of hydrogen-bond donors (Lipinski definition) is 3. The minimum Gasteiger partial charge on any atom is -0.481 e. The molecule has 2 aliphatic carbocycles. The molecule has 7 nitrogen and oxygen atoms in total. The highest BCUT2D eigenvalue weighted by molar-refractivity contribution is 5.79. The quantitative estimate of drug-likeness (QED) is 0.548. The van der Waals surface area contributed by atoms with Gasteiger partial charge in [0.15, 0.2) is 0 Å². The second-order valence-electron chi connectivity index (χ2n) is 8.47. The van der Waals surface area contributed by atoms with E-state index in [0.717, 1.165) is 11.1 Å². The molecule has 2 aromatic rings. The number of benzene rings is 2. The lowest BCUT2D eigenvalue weighted by Gasteiger charge is -2.15. The smallest absolute Gasteiger partial charge is 0.407 e. The summed E-state index contributed by atoms with van der Waals surface area (Å²) in [4.78, 5) is 35.2. The summed E-state index contributed by atoms with van der Waals surface area (Å²) in [6.45, 7) is 0.597. The lowest BCUT2D eigenvalue weighted by Crippen LogP contribution is -2.34. The van der Waals surface area contributed by atoms with Gasteiger partial charge in [0.1, 0.15) is 6.61 Å². The van der Waals surface area contributed by atoms with Gasteiger partial charge in [-0.15, -0.1) is 0 Å². The zero-order valence-corrected chi connectivity index (χ0v) is 17.9. The first-order chi connectivity index (χ1) is 15.5. The van der Waals surface area contributed by atoms with E-state index in [0.29, 0.717) is 32.2 Å². The van der Waals surface area contributed by atoms with Crippen LogP contribution in [0.5, 0.6) is 0 Å². The van der Waals surface area contributed by atoms with E-state index < -0.39 is 12.1 Å². The lowest BCUT2D eigenvalue weighted by molar-refractivity contribution is -0.141. The first kappa shape index (κ1) is 21.9. The van der Waals surface area contributed by atoms with Crippen LogP contribution in [0.1, 0.15) is 49.1 Å². The summed E-state index contributed by atoms with van der Waals surface area (Å²) in [5.41, 5.74) is 4.69. The van der Waals surface area contributed by atoms with Gasteiger partial charge in [0.2, 0.25) is 5.91 Å². The largest absolute Gasteiger partial charge is 0.481 e. The van der Waals surface area contributed by atoms with E-state index in [1.807, 2.05) is 24.3 Å². The number of aliphatic carboxylic acids is 1. The van der Waals surface area contributed by atoms with Crippen molar-refractivity contribution in [2.24, 2.45) is 5.92 Å². The molecule has 2 aromatic carbocycles. The van der Waals surface area contributed by atoms with Crippen LogP contribution in [-0.4, -0.2) is 42.3 Å². The minimum atomic E-state index is -0.797. The highest BCUT2D eigenvalue weighted by Crippen LogP contribution is 2.44. The molecule has 7 heteroatoms. The maximum Gasteiger partial charge on any atom is 0.407 e. The highest BCUT2D eigenvalue weighted by atomic mass is 16.5. The van der Waals surface area contributed by atoms with Gasteiger partial charge in [-0.2, -0.15) is 0 Å². The van der Waals surface area contributed by atoms with Crippen molar-refractivity contribution in [2.75, 3.05) is 13.2 Å². The van der Waals surface area contributed by atoms with Gasteiger partial charge in [0, 0.05) is 24.9 Å². The van der Waals surface area contributed by atoms with Gasteiger partial charge in [-0.25, -0.2) is 4.79 Å². The van der Waals surface area contributed by atoms with Crippen LogP contribution in [-0.2, 0) is 14.3 Å². The van der Waals surface area contributed by atoms with Crippen LogP contribution in [0, 0.1) is 5.92 Å². The molecule has 1 saturated carbocycles. The van der Waals surface area contributed by atoms with Crippen molar-refractivity contribution < 1.29 is 24.2 Å². The average molecular weight is 437 g/mol. The molecule has 168 valence electrons. The molecule has 0 spiro atoms. The van der Waals surface area contributed by atoms with Gasteiger partial charge in [-0.05, 0) is 47.9 Å². The fourth-order valence-electron chi connectivity index (χ4n) is 4.73. The number of carbonyl (C=O) groups is 3. The Kier molecular flexibility index (Phi) is 6.73. The summed E-state index contributed by atoms with van der Waals surface area (Å²) in [7, 11) is 0. The molecule has 32 heavy (non-hydrogen) atoms. The number of hydrogen-bond acceptors (Lipinski definition) is 4. The Balaban J connectivity index is 1.17. The van der Waals surface area contributed by atoms with Crippen LogP contribution in [0.15, 0.2) is 48.5 Å². The molecular formula is C25H28N2O5. The summed E-state index contributed by atoms with van der Waals surface area (Å²) >= 11 is 0. The standard InChI is InChI=1S/C25H28N2O5/c28-23(27-17-12-11-16(14-17)24(29)30)10-5-13-26-25(31)32-15-22-20-8-3-1-6-18(20)19-7-2-4-9-21(19)22/h1-4,6-9,16-17,22H,5,10-15H2,(H,26,31)(H,27,28)(H,29,30). The SMILES string of the molecule is O=C(CCCNC(=O)OCC1c2ccccc2-c2ccccc21)NC1CCC(C(=O)O)C1. The zero-order chi connectivity index (χ0) is 22.5. The third-order valence-electron chi connectivity index (χ3n) is 6.34. The Hall–Kier alpha value is -3.35. The van der Waals surface area contributed by atoms with Crippen molar-refractivity contribution in [3.05, 3.63) is 59.7 Å². The van der Waals surface area contributed by atoms with Crippen LogP contribution in [0.25, 0.3) is 11.1 Å². The van der Waals surface area contributed by atoms with Gasteiger partial charge in [0.05, 0.1) is 5.92 Å². The number of amides is 2. The van der Waals surface area contributed by atoms with Crippen molar-refractivity contribution in [1.29, 1.82) is 0 Å². The zero-order valence-electron chi connectivity index (χ0n) is 17.9. The van der Waals surface area contributed by atoms with Gasteiger partial charge in [-0.3, -0.25) is 9.59 Å². The Labute approximate surface area is 187 Å². The third kappa shape index (κ3) is 4.93. The topological polar surface area (TPSA) is 105 Å². The third-order valence-corrected chi connectivity index (χ3v) is 6.34. The Morgan fingerprint density at radius 2 is 1.62 bits per heavy atom. The summed E-state index contributed by atoms with van der Waals surface area (Å²) in [6, 6.07) is 16.3. The maximum atomic E-state index is 12.2. The first-order valence-electron chi connectivity index (χ1n) is 11.1. The van der Waals surface area contributed by atoms with E-state index in [1.165, 1.54) is 11.1 Å². The van der Waals surface area contributed by atoms with Gasteiger partial charge < -0.3 is 20.5 Å². The Morgan fingerprint density at radius 3 is 2.25 bits per heavy atom. The molecule has 0 aliphatic heterocycles. The molecule has 0 aromatic heterocycles. The molecule has 4 rings (SSSR count). The van der Waals surface area contributed by atoms with Crippen LogP contribution < -0.4 is 10.6 Å². The summed E-state index contributed by atoms with van der Waals surface area (Å²) in [5.74, 6) is -1.26. The van der Waals surface area contributed by atoms with Gasteiger partial charge >= 0.3 is 12.1 Å². The van der Waals surface area contributed by atoms with Crippen molar-refractivity contribution in [3.63, 3.8) is 0 Å². The molecule has 3 N–H and O–H groups in total.